The van der Waals surface area contributed by atoms with Crippen LogP contribution in [0.25, 0.3) is 5.69 Å². The zero-order chi connectivity index (χ0) is 14.6. The Bertz CT molecular complexity index is 667. The molecule has 0 spiro atoms. The topological polar surface area (TPSA) is 90.9 Å². The van der Waals surface area contributed by atoms with Crippen molar-refractivity contribution in [1.82, 2.24) is 15.0 Å². The predicted octanol–water partition coefficient (Wildman–Crippen LogP) is 1.48. The maximum absolute atomic E-state index is 11.2. The fourth-order valence-corrected chi connectivity index (χ4v) is 2.43. The van der Waals surface area contributed by atoms with E-state index >= 15 is 0 Å². The SMILES string of the molecule is NS(=O)(=O)c1ccc(-n2cc(CCCCCl)nn2)cc1. The van der Waals surface area contributed by atoms with E-state index in [0.717, 1.165) is 30.6 Å². The third kappa shape index (κ3) is 3.78. The zero-order valence-electron chi connectivity index (χ0n) is 10.7. The van der Waals surface area contributed by atoms with Crippen molar-refractivity contribution >= 4 is 21.6 Å². The van der Waals surface area contributed by atoms with Gasteiger partial charge in [-0.05, 0) is 43.5 Å². The highest BCUT2D eigenvalue weighted by Gasteiger charge is 2.08. The van der Waals surface area contributed by atoms with Crippen molar-refractivity contribution < 1.29 is 8.42 Å². The molecule has 0 unspecified atom stereocenters. The molecule has 1 aromatic carbocycles. The summed E-state index contributed by atoms with van der Waals surface area (Å²) in [5.74, 6) is 0.642. The van der Waals surface area contributed by atoms with Crippen LogP contribution in [-0.2, 0) is 16.4 Å². The molecule has 0 aliphatic heterocycles. The van der Waals surface area contributed by atoms with Gasteiger partial charge in [-0.2, -0.15) is 0 Å². The molecule has 108 valence electrons. The number of unbranched alkanes of at least 4 members (excludes halogenated alkanes) is 1. The molecule has 0 radical (unpaired) electrons. The fraction of sp³-hybridized carbons (Fsp3) is 0.333. The molecule has 2 rings (SSSR count). The Hall–Kier alpha value is -1.44. The summed E-state index contributed by atoms with van der Waals surface area (Å²) in [5.41, 5.74) is 1.61. The van der Waals surface area contributed by atoms with Crippen molar-refractivity contribution in [1.29, 1.82) is 0 Å². The first-order valence-corrected chi connectivity index (χ1v) is 8.19. The van der Waals surface area contributed by atoms with Gasteiger partial charge in [0.05, 0.1) is 22.5 Å². The summed E-state index contributed by atoms with van der Waals surface area (Å²) in [6, 6.07) is 6.16. The smallest absolute Gasteiger partial charge is 0.225 e. The van der Waals surface area contributed by atoms with Gasteiger partial charge >= 0.3 is 0 Å². The van der Waals surface area contributed by atoms with E-state index in [1.165, 1.54) is 12.1 Å². The Labute approximate surface area is 122 Å². The van der Waals surface area contributed by atoms with Crippen LogP contribution in [-0.4, -0.2) is 29.3 Å². The normalized spacial score (nSPS) is 11.7. The van der Waals surface area contributed by atoms with E-state index in [0.29, 0.717) is 5.88 Å². The van der Waals surface area contributed by atoms with E-state index in [-0.39, 0.29) is 4.90 Å². The summed E-state index contributed by atoms with van der Waals surface area (Å²) >= 11 is 5.62. The molecular formula is C12H15ClN4O2S. The minimum atomic E-state index is -3.67. The highest BCUT2D eigenvalue weighted by Crippen LogP contribution is 2.12. The minimum Gasteiger partial charge on any atom is -0.225 e. The molecule has 20 heavy (non-hydrogen) atoms. The van der Waals surface area contributed by atoms with Crippen LogP contribution < -0.4 is 5.14 Å². The molecule has 6 nitrogen and oxygen atoms in total. The molecule has 0 atom stereocenters. The fourth-order valence-electron chi connectivity index (χ4n) is 1.73. The number of nitrogens with two attached hydrogens (primary N) is 1. The highest BCUT2D eigenvalue weighted by atomic mass is 35.5. The molecule has 0 aliphatic carbocycles. The maximum Gasteiger partial charge on any atom is 0.238 e. The van der Waals surface area contributed by atoms with Crippen LogP contribution in [0.2, 0.25) is 0 Å². The van der Waals surface area contributed by atoms with Gasteiger partial charge in [0.15, 0.2) is 0 Å². The van der Waals surface area contributed by atoms with Crippen molar-refractivity contribution in [3.63, 3.8) is 0 Å². The van der Waals surface area contributed by atoms with Crippen molar-refractivity contribution in [2.45, 2.75) is 24.2 Å². The molecule has 8 heteroatoms. The van der Waals surface area contributed by atoms with Crippen molar-refractivity contribution in [2.75, 3.05) is 5.88 Å². The highest BCUT2D eigenvalue weighted by molar-refractivity contribution is 7.89. The van der Waals surface area contributed by atoms with E-state index in [9.17, 15) is 8.42 Å². The van der Waals surface area contributed by atoms with Gasteiger partial charge in [-0.3, -0.25) is 0 Å². The molecule has 0 bridgehead atoms. The lowest BCUT2D eigenvalue weighted by atomic mass is 10.2. The maximum atomic E-state index is 11.2. The van der Waals surface area contributed by atoms with E-state index < -0.39 is 10.0 Å². The van der Waals surface area contributed by atoms with E-state index in [1.807, 2.05) is 6.20 Å². The van der Waals surface area contributed by atoms with Crippen molar-refractivity contribution in [3.05, 3.63) is 36.2 Å². The van der Waals surface area contributed by atoms with Crippen LogP contribution in [0, 0.1) is 0 Å². The quantitative estimate of drug-likeness (QED) is 0.645. The number of aryl methyl sites for hydroxylation is 1. The Balaban J connectivity index is 2.12. The zero-order valence-corrected chi connectivity index (χ0v) is 12.3. The van der Waals surface area contributed by atoms with Crippen LogP contribution in [0.3, 0.4) is 0 Å². The molecular weight excluding hydrogens is 300 g/mol. The minimum absolute atomic E-state index is 0.0729. The second-order valence-electron chi connectivity index (χ2n) is 4.34. The van der Waals surface area contributed by atoms with E-state index in [1.54, 1.807) is 16.8 Å². The average Bonchev–Trinajstić information content (AvgIpc) is 2.87. The number of hydrogen-bond acceptors (Lipinski definition) is 4. The molecule has 0 aliphatic rings. The van der Waals surface area contributed by atoms with Gasteiger partial charge in [0, 0.05) is 5.88 Å². The summed E-state index contributed by atoms with van der Waals surface area (Å²) in [5, 5.41) is 13.1. The Morgan fingerprint density at radius 3 is 2.50 bits per heavy atom. The number of alkyl halides is 1. The van der Waals surface area contributed by atoms with Crippen LogP contribution >= 0.6 is 11.6 Å². The van der Waals surface area contributed by atoms with Crippen LogP contribution in [0.4, 0.5) is 0 Å². The Kier molecular flexibility index (Phi) is 4.74. The van der Waals surface area contributed by atoms with E-state index in [4.69, 9.17) is 16.7 Å². The summed E-state index contributed by atoms with van der Waals surface area (Å²) < 4.78 is 23.9. The Morgan fingerprint density at radius 2 is 1.90 bits per heavy atom. The summed E-state index contributed by atoms with van der Waals surface area (Å²) in [4.78, 5) is 0.0729. The first-order chi connectivity index (χ1) is 9.50. The monoisotopic (exact) mass is 314 g/mol. The lowest BCUT2D eigenvalue weighted by Gasteiger charge is -2.01. The molecule has 0 saturated heterocycles. The number of aromatic nitrogens is 3. The second-order valence-corrected chi connectivity index (χ2v) is 6.28. The Morgan fingerprint density at radius 1 is 1.20 bits per heavy atom. The number of halogens is 1. The van der Waals surface area contributed by atoms with Gasteiger partial charge in [0.25, 0.3) is 0 Å². The largest absolute Gasteiger partial charge is 0.238 e. The number of benzene rings is 1. The third-order valence-corrected chi connectivity index (χ3v) is 3.98. The molecule has 1 aromatic heterocycles. The summed E-state index contributed by atoms with van der Waals surface area (Å²) in [7, 11) is -3.67. The number of rotatable bonds is 6. The van der Waals surface area contributed by atoms with Crippen molar-refractivity contribution in [3.8, 4) is 5.69 Å². The third-order valence-electron chi connectivity index (χ3n) is 2.79. The summed E-state index contributed by atoms with van der Waals surface area (Å²) in [6.07, 6.45) is 4.55. The molecule has 2 N–H and O–H groups in total. The van der Waals surface area contributed by atoms with Crippen molar-refractivity contribution in [2.24, 2.45) is 5.14 Å². The second kappa shape index (κ2) is 6.34. The standard InChI is InChI=1S/C12H15ClN4O2S/c13-8-2-1-3-10-9-17(16-15-10)11-4-6-12(7-5-11)20(14,18)19/h4-7,9H,1-3,8H2,(H2,14,18,19). The van der Waals surface area contributed by atoms with Gasteiger partial charge in [-0.15, -0.1) is 16.7 Å². The van der Waals surface area contributed by atoms with Gasteiger partial charge < -0.3 is 0 Å². The lowest BCUT2D eigenvalue weighted by Crippen LogP contribution is -2.12. The predicted molar refractivity (Wildman–Crippen MR) is 76.4 cm³/mol. The van der Waals surface area contributed by atoms with Gasteiger partial charge in [-0.25, -0.2) is 18.2 Å². The molecule has 2 aromatic rings. The number of hydrogen-bond donors (Lipinski definition) is 1. The van der Waals surface area contributed by atoms with Crippen LogP contribution in [0.1, 0.15) is 18.5 Å². The van der Waals surface area contributed by atoms with Gasteiger partial charge in [0.2, 0.25) is 10.0 Å². The average molecular weight is 315 g/mol. The molecule has 0 amide bonds. The number of sulfonamides is 1. The molecule has 0 saturated carbocycles. The molecule has 1 heterocycles. The van der Waals surface area contributed by atoms with Gasteiger partial charge in [0.1, 0.15) is 0 Å². The molecule has 0 fully saturated rings. The first-order valence-electron chi connectivity index (χ1n) is 6.11. The van der Waals surface area contributed by atoms with Gasteiger partial charge in [-0.1, -0.05) is 5.21 Å². The number of nitrogens with zero attached hydrogens (tertiary/aromatic N) is 3. The lowest BCUT2D eigenvalue weighted by molar-refractivity contribution is 0.598. The number of primary sulfonamides is 1. The first kappa shape index (κ1) is 15.0. The van der Waals surface area contributed by atoms with Crippen LogP contribution in [0.5, 0.6) is 0 Å². The van der Waals surface area contributed by atoms with E-state index in [2.05, 4.69) is 10.3 Å². The summed E-state index contributed by atoms with van der Waals surface area (Å²) in [6.45, 7) is 0. The van der Waals surface area contributed by atoms with Crippen LogP contribution in [0.15, 0.2) is 35.4 Å².